The molecule has 156 valence electrons. The molecule has 1 fully saturated rings. The van der Waals surface area contributed by atoms with Gasteiger partial charge in [-0.15, -0.1) is 0 Å². The number of Topliss-reactive ketones (excluding diaryl/α,β-unsaturated/α-hetero) is 1. The summed E-state index contributed by atoms with van der Waals surface area (Å²) < 4.78 is 5.71. The summed E-state index contributed by atoms with van der Waals surface area (Å²) >= 11 is 0. The molecule has 29 heavy (non-hydrogen) atoms. The number of aliphatic hydroxyl groups is 1. The number of nitrogens with one attached hydrogen (secondary N) is 1. The number of aliphatic hydroxyl groups excluding tert-OH is 1. The van der Waals surface area contributed by atoms with Gasteiger partial charge in [0, 0.05) is 17.7 Å². The molecule has 1 saturated heterocycles. The maximum absolute atomic E-state index is 11.7. The molecule has 2 N–H and O–H groups in total. The Morgan fingerprint density at radius 2 is 1.79 bits per heavy atom. The Morgan fingerprint density at radius 1 is 1.10 bits per heavy atom. The normalized spacial score (nSPS) is 15.9. The molecule has 3 rings (SSSR count). The summed E-state index contributed by atoms with van der Waals surface area (Å²) in [5.74, 6) is 0.811. The van der Waals surface area contributed by atoms with E-state index in [-0.39, 0.29) is 12.4 Å². The fraction of sp³-hybridized carbons (Fsp3) is 0.458. The van der Waals surface area contributed by atoms with Crippen LogP contribution in [-0.4, -0.2) is 56.3 Å². The van der Waals surface area contributed by atoms with E-state index in [1.54, 1.807) is 24.3 Å². The van der Waals surface area contributed by atoms with Crippen molar-refractivity contribution in [3.8, 4) is 5.75 Å². The SMILES string of the molecule is CCC(=O)c1ccc(OC[C@@H](O)C[NH+]2CCN(c3ccc(C)c(C)c3)CC2)cc1. The van der Waals surface area contributed by atoms with E-state index in [0.29, 0.717) is 24.3 Å². The molecule has 1 heterocycles. The van der Waals surface area contributed by atoms with Gasteiger partial charge in [-0.2, -0.15) is 0 Å². The molecule has 5 nitrogen and oxygen atoms in total. The van der Waals surface area contributed by atoms with Crippen molar-refractivity contribution in [3.63, 3.8) is 0 Å². The number of ketones is 1. The fourth-order valence-corrected chi connectivity index (χ4v) is 3.73. The number of hydrogen-bond donors (Lipinski definition) is 2. The first-order valence-electron chi connectivity index (χ1n) is 10.6. The van der Waals surface area contributed by atoms with Crippen LogP contribution in [0.3, 0.4) is 0 Å². The van der Waals surface area contributed by atoms with Gasteiger partial charge in [0.1, 0.15) is 25.0 Å². The van der Waals surface area contributed by atoms with Crippen LogP contribution in [-0.2, 0) is 0 Å². The van der Waals surface area contributed by atoms with Crippen LogP contribution in [0, 0.1) is 13.8 Å². The Kier molecular flexibility index (Phi) is 7.29. The van der Waals surface area contributed by atoms with Crippen molar-refractivity contribution in [1.82, 2.24) is 0 Å². The van der Waals surface area contributed by atoms with Gasteiger partial charge >= 0.3 is 0 Å². The molecule has 1 aliphatic rings. The molecule has 0 saturated carbocycles. The minimum atomic E-state index is -0.505. The molecule has 0 radical (unpaired) electrons. The molecule has 0 aliphatic carbocycles. The maximum atomic E-state index is 11.7. The summed E-state index contributed by atoms with van der Waals surface area (Å²) in [5.41, 5.74) is 4.65. The number of rotatable bonds is 8. The number of nitrogens with zero attached hydrogens (tertiary/aromatic N) is 1. The number of quaternary nitrogens is 1. The van der Waals surface area contributed by atoms with Crippen LogP contribution in [0.1, 0.15) is 34.8 Å². The third-order valence-electron chi connectivity index (χ3n) is 5.79. The zero-order valence-corrected chi connectivity index (χ0v) is 17.8. The van der Waals surface area contributed by atoms with Crippen molar-refractivity contribution < 1.29 is 19.5 Å². The zero-order chi connectivity index (χ0) is 20.8. The monoisotopic (exact) mass is 397 g/mol. The van der Waals surface area contributed by atoms with Crippen molar-refractivity contribution >= 4 is 11.5 Å². The van der Waals surface area contributed by atoms with E-state index in [2.05, 4.69) is 36.9 Å². The Hall–Kier alpha value is -2.37. The van der Waals surface area contributed by atoms with Crippen LogP contribution in [0.4, 0.5) is 5.69 Å². The summed E-state index contributed by atoms with van der Waals surface area (Å²) in [6, 6.07) is 13.8. The van der Waals surface area contributed by atoms with Crippen molar-refractivity contribution in [2.45, 2.75) is 33.3 Å². The maximum Gasteiger partial charge on any atom is 0.162 e. The first-order chi connectivity index (χ1) is 14.0. The second kappa shape index (κ2) is 9.90. The van der Waals surface area contributed by atoms with Crippen LogP contribution >= 0.6 is 0 Å². The van der Waals surface area contributed by atoms with Crippen LogP contribution in [0.25, 0.3) is 0 Å². The lowest BCUT2D eigenvalue weighted by molar-refractivity contribution is -0.903. The van der Waals surface area contributed by atoms with Gasteiger partial charge in [0.05, 0.1) is 26.2 Å². The van der Waals surface area contributed by atoms with Gasteiger partial charge in [-0.05, 0) is 61.4 Å². The van der Waals surface area contributed by atoms with Crippen molar-refractivity contribution in [2.24, 2.45) is 0 Å². The summed E-state index contributed by atoms with van der Waals surface area (Å²) in [6.07, 6.45) is -0.00603. The lowest BCUT2D eigenvalue weighted by Gasteiger charge is -2.34. The summed E-state index contributed by atoms with van der Waals surface area (Å²) in [5, 5.41) is 10.4. The molecule has 5 heteroatoms. The number of carbonyl (C=O) groups is 1. The van der Waals surface area contributed by atoms with Crippen LogP contribution in [0.15, 0.2) is 42.5 Å². The first kappa shape index (κ1) is 21.3. The molecule has 0 spiro atoms. The average Bonchev–Trinajstić information content (AvgIpc) is 2.74. The summed E-state index contributed by atoms with van der Waals surface area (Å²) in [6.45, 7) is 11.1. The molecule has 0 aromatic heterocycles. The van der Waals surface area contributed by atoms with Gasteiger partial charge < -0.3 is 19.6 Å². The molecule has 0 bridgehead atoms. The van der Waals surface area contributed by atoms with Crippen LogP contribution in [0.5, 0.6) is 5.75 Å². The Bertz CT molecular complexity index is 811. The predicted octanol–water partition coefficient (Wildman–Crippen LogP) is 2.04. The van der Waals surface area contributed by atoms with Crippen molar-refractivity contribution in [2.75, 3.05) is 44.2 Å². The molecule has 1 atom stereocenters. The van der Waals surface area contributed by atoms with Crippen molar-refractivity contribution in [3.05, 3.63) is 59.2 Å². The molecular formula is C24H33N2O3+. The van der Waals surface area contributed by atoms with Gasteiger partial charge in [-0.25, -0.2) is 0 Å². The second-order valence-corrected chi connectivity index (χ2v) is 7.98. The van der Waals surface area contributed by atoms with Gasteiger partial charge in [0.25, 0.3) is 0 Å². The first-order valence-corrected chi connectivity index (χ1v) is 10.6. The van der Waals surface area contributed by atoms with Crippen LogP contribution in [0.2, 0.25) is 0 Å². The number of ether oxygens (including phenoxy) is 1. The van der Waals surface area contributed by atoms with Gasteiger partial charge in [0.15, 0.2) is 5.78 Å². The predicted molar refractivity (Wildman–Crippen MR) is 116 cm³/mol. The van der Waals surface area contributed by atoms with Gasteiger partial charge in [0.2, 0.25) is 0 Å². The molecule has 2 aromatic rings. The topological polar surface area (TPSA) is 54.2 Å². The number of anilines is 1. The highest BCUT2D eigenvalue weighted by molar-refractivity contribution is 5.95. The minimum Gasteiger partial charge on any atom is -0.491 e. The quantitative estimate of drug-likeness (QED) is 0.670. The van der Waals surface area contributed by atoms with Crippen LogP contribution < -0.4 is 14.5 Å². The second-order valence-electron chi connectivity index (χ2n) is 7.98. The average molecular weight is 398 g/mol. The standard InChI is InChI=1S/C24H32N2O3/c1-4-24(28)20-6-9-23(10-7-20)29-17-22(27)16-25-11-13-26(14-12-25)21-8-5-18(2)19(3)15-21/h5-10,15,22,27H,4,11-14,16-17H2,1-3H3/p+1/t22-/m0/s1. The van der Waals surface area contributed by atoms with E-state index < -0.39 is 6.10 Å². The Balaban J connectivity index is 1.42. The highest BCUT2D eigenvalue weighted by Crippen LogP contribution is 2.18. The Labute approximate surface area is 173 Å². The Morgan fingerprint density at radius 3 is 2.41 bits per heavy atom. The number of hydrogen-bond acceptors (Lipinski definition) is 4. The number of carbonyl (C=O) groups excluding carboxylic acids is 1. The zero-order valence-electron chi connectivity index (χ0n) is 17.8. The fourth-order valence-electron chi connectivity index (χ4n) is 3.73. The summed E-state index contributed by atoms with van der Waals surface area (Å²) in [4.78, 5) is 15.5. The number of benzene rings is 2. The van der Waals surface area contributed by atoms with E-state index in [4.69, 9.17) is 4.74 Å². The molecule has 0 unspecified atom stereocenters. The third kappa shape index (κ3) is 5.81. The molecule has 2 aromatic carbocycles. The van der Waals surface area contributed by atoms with E-state index in [1.165, 1.54) is 21.7 Å². The third-order valence-corrected chi connectivity index (χ3v) is 5.79. The molecule has 0 amide bonds. The minimum absolute atomic E-state index is 0.125. The van der Waals surface area contributed by atoms with Gasteiger partial charge in [-0.1, -0.05) is 13.0 Å². The molecule has 1 aliphatic heterocycles. The summed E-state index contributed by atoms with van der Waals surface area (Å²) in [7, 11) is 0. The lowest BCUT2D eigenvalue weighted by Crippen LogP contribution is -3.16. The van der Waals surface area contributed by atoms with E-state index >= 15 is 0 Å². The van der Waals surface area contributed by atoms with Gasteiger partial charge in [-0.3, -0.25) is 4.79 Å². The number of aryl methyl sites for hydroxylation is 2. The largest absolute Gasteiger partial charge is 0.491 e. The lowest BCUT2D eigenvalue weighted by atomic mass is 10.1. The van der Waals surface area contributed by atoms with Crippen molar-refractivity contribution in [1.29, 1.82) is 0 Å². The molecular weight excluding hydrogens is 364 g/mol. The van der Waals surface area contributed by atoms with E-state index in [9.17, 15) is 9.90 Å². The highest BCUT2D eigenvalue weighted by Gasteiger charge is 2.23. The number of piperazine rings is 1. The smallest absolute Gasteiger partial charge is 0.162 e. The van der Waals surface area contributed by atoms with E-state index in [0.717, 1.165) is 26.2 Å². The highest BCUT2D eigenvalue weighted by atomic mass is 16.5. The van der Waals surface area contributed by atoms with E-state index in [1.807, 2.05) is 6.92 Å².